The van der Waals surface area contributed by atoms with E-state index in [9.17, 15) is 4.79 Å². The first-order chi connectivity index (χ1) is 7.11. The molecule has 2 rings (SSSR count). The van der Waals surface area contributed by atoms with E-state index in [0.717, 1.165) is 13.0 Å². The van der Waals surface area contributed by atoms with E-state index in [2.05, 4.69) is 19.2 Å². The van der Waals surface area contributed by atoms with Gasteiger partial charge in [0.05, 0.1) is 5.92 Å². The Morgan fingerprint density at radius 2 is 2.00 bits per heavy atom. The summed E-state index contributed by atoms with van der Waals surface area (Å²) in [5, 5.41) is 3.45. The van der Waals surface area contributed by atoms with Crippen LogP contribution in [0, 0.1) is 11.8 Å². The molecule has 0 aromatic rings. The number of nitrogens with one attached hydrogen (secondary N) is 1. The maximum Gasteiger partial charge on any atom is 0.227 e. The predicted octanol–water partition coefficient (Wildman–Crippen LogP) is 1.24. The third-order valence-corrected chi connectivity index (χ3v) is 3.75. The molecular formula is C12H22N2O. The van der Waals surface area contributed by atoms with Crippen LogP contribution in [-0.4, -0.2) is 36.5 Å². The summed E-state index contributed by atoms with van der Waals surface area (Å²) in [4.78, 5) is 14.2. The maximum atomic E-state index is 12.2. The summed E-state index contributed by atoms with van der Waals surface area (Å²) in [5.41, 5.74) is 0. The van der Waals surface area contributed by atoms with Crippen LogP contribution in [0.25, 0.3) is 0 Å². The van der Waals surface area contributed by atoms with Crippen molar-refractivity contribution in [1.29, 1.82) is 0 Å². The molecule has 0 aromatic carbocycles. The number of rotatable bonds is 3. The topological polar surface area (TPSA) is 32.3 Å². The molecule has 0 aromatic heterocycles. The van der Waals surface area contributed by atoms with E-state index in [0.29, 0.717) is 23.9 Å². The van der Waals surface area contributed by atoms with Gasteiger partial charge in [0.2, 0.25) is 5.91 Å². The van der Waals surface area contributed by atoms with Gasteiger partial charge in [0.15, 0.2) is 0 Å². The molecule has 3 nitrogen and oxygen atoms in total. The lowest BCUT2D eigenvalue weighted by Crippen LogP contribution is -2.42. The summed E-state index contributed by atoms with van der Waals surface area (Å²) in [6, 6.07) is 0.935. The number of hydrogen-bond donors (Lipinski definition) is 1. The van der Waals surface area contributed by atoms with Crippen LogP contribution < -0.4 is 5.32 Å². The largest absolute Gasteiger partial charge is 0.342 e. The van der Waals surface area contributed by atoms with Gasteiger partial charge < -0.3 is 10.2 Å². The number of carbonyl (C=O) groups is 1. The average Bonchev–Trinajstić information content (AvgIpc) is 2.92. The van der Waals surface area contributed by atoms with Gasteiger partial charge >= 0.3 is 0 Å². The van der Waals surface area contributed by atoms with E-state index < -0.39 is 0 Å². The molecule has 1 saturated heterocycles. The van der Waals surface area contributed by atoms with Crippen molar-refractivity contribution < 1.29 is 4.79 Å². The SMILES string of the molecule is CC(C)C1NCCC1C(=O)N(C)C1CC1. The highest BCUT2D eigenvalue weighted by atomic mass is 16.2. The Balaban J connectivity index is 1.98. The summed E-state index contributed by atoms with van der Waals surface area (Å²) in [6.07, 6.45) is 3.42. The van der Waals surface area contributed by atoms with Crippen LogP contribution in [0.5, 0.6) is 0 Å². The molecule has 1 heterocycles. The highest BCUT2D eigenvalue weighted by molar-refractivity contribution is 5.80. The molecular weight excluding hydrogens is 188 g/mol. The Morgan fingerprint density at radius 3 is 2.53 bits per heavy atom. The Bertz CT molecular complexity index is 248. The van der Waals surface area contributed by atoms with Gasteiger partial charge in [-0.1, -0.05) is 13.8 Å². The first-order valence-electron chi connectivity index (χ1n) is 6.11. The van der Waals surface area contributed by atoms with E-state index in [1.807, 2.05) is 11.9 Å². The molecule has 0 spiro atoms. The Kier molecular flexibility index (Phi) is 3.01. The van der Waals surface area contributed by atoms with Crippen LogP contribution in [0.3, 0.4) is 0 Å². The molecule has 2 unspecified atom stereocenters. The van der Waals surface area contributed by atoms with Gasteiger partial charge in [-0.05, 0) is 31.7 Å². The van der Waals surface area contributed by atoms with Crippen LogP contribution >= 0.6 is 0 Å². The number of nitrogens with zero attached hydrogens (tertiary/aromatic N) is 1. The highest BCUT2D eigenvalue weighted by Gasteiger charge is 2.39. The van der Waals surface area contributed by atoms with E-state index in [-0.39, 0.29) is 5.92 Å². The molecule has 1 aliphatic carbocycles. The first-order valence-corrected chi connectivity index (χ1v) is 6.11. The van der Waals surface area contributed by atoms with Crippen molar-refractivity contribution >= 4 is 5.91 Å². The monoisotopic (exact) mass is 210 g/mol. The molecule has 1 amide bonds. The Labute approximate surface area is 92.2 Å². The van der Waals surface area contributed by atoms with Crippen LogP contribution in [0.2, 0.25) is 0 Å². The Hall–Kier alpha value is -0.570. The Morgan fingerprint density at radius 1 is 1.33 bits per heavy atom. The zero-order chi connectivity index (χ0) is 11.0. The molecule has 2 aliphatic rings. The zero-order valence-corrected chi connectivity index (χ0v) is 9.99. The fraction of sp³-hybridized carbons (Fsp3) is 0.917. The third-order valence-electron chi connectivity index (χ3n) is 3.75. The van der Waals surface area contributed by atoms with E-state index in [1.165, 1.54) is 12.8 Å². The molecule has 1 saturated carbocycles. The molecule has 1 N–H and O–H groups in total. The number of carbonyl (C=O) groups excluding carboxylic acids is 1. The average molecular weight is 210 g/mol. The second-order valence-electron chi connectivity index (χ2n) is 5.30. The maximum absolute atomic E-state index is 12.2. The highest BCUT2D eigenvalue weighted by Crippen LogP contribution is 2.30. The van der Waals surface area contributed by atoms with Gasteiger partial charge in [-0.15, -0.1) is 0 Å². The minimum Gasteiger partial charge on any atom is -0.342 e. The number of amides is 1. The van der Waals surface area contributed by atoms with Gasteiger partial charge in [0, 0.05) is 19.1 Å². The van der Waals surface area contributed by atoms with Crippen molar-refractivity contribution in [2.24, 2.45) is 11.8 Å². The minimum absolute atomic E-state index is 0.218. The lowest BCUT2D eigenvalue weighted by molar-refractivity contribution is -0.135. The molecule has 86 valence electrons. The van der Waals surface area contributed by atoms with Gasteiger partial charge in [0.25, 0.3) is 0 Å². The minimum atomic E-state index is 0.218. The number of hydrogen-bond acceptors (Lipinski definition) is 2. The quantitative estimate of drug-likeness (QED) is 0.760. The normalized spacial score (nSPS) is 30.9. The van der Waals surface area contributed by atoms with E-state index in [1.54, 1.807) is 0 Å². The predicted molar refractivity (Wildman–Crippen MR) is 60.5 cm³/mol. The van der Waals surface area contributed by atoms with Crippen molar-refractivity contribution in [2.75, 3.05) is 13.6 Å². The standard InChI is InChI=1S/C12H22N2O/c1-8(2)11-10(6-7-13-11)12(15)14(3)9-4-5-9/h8-11,13H,4-7H2,1-3H3. The van der Waals surface area contributed by atoms with Crippen molar-refractivity contribution in [3.8, 4) is 0 Å². The fourth-order valence-electron chi connectivity index (χ4n) is 2.61. The van der Waals surface area contributed by atoms with Gasteiger partial charge in [-0.3, -0.25) is 4.79 Å². The second-order valence-corrected chi connectivity index (χ2v) is 5.30. The summed E-state index contributed by atoms with van der Waals surface area (Å²) < 4.78 is 0. The van der Waals surface area contributed by atoms with Crippen LogP contribution in [0.4, 0.5) is 0 Å². The van der Waals surface area contributed by atoms with Crippen molar-refractivity contribution in [3.05, 3.63) is 0 Å². The van der Waals surface area contributed by atoms with Gasteiger partial charge in [0.1, 0.15) is 0 Å². The molecule has 2 fully saturated rings. The van der Waals surface area contributed by atoms with Gasteiger partial charge in [-0.2, -0.15) is 0 Å². The lowest BCUT2D eigenvalue weighted by atomic mass is 9.90. The van der Waals surface area contributed by atoms with Crippen LogP contribution in [0.1, 0.15) is 33.1 Å². The summed E-state index contributed by atoms with van der Waals surface area (Å²) in [6.45, 7) is 5.39. The summed E-state index contributed by atoms with van der Waals surface area (Å²) in [7, 11) is 1.97. The van der Waals surface area contributed by atoms with E-state index in [4.69, 9.17) is 0 Å². The van der Waals surface area contributed by atoms with Crippen LogP contribution in [0.15, 0.2) is 0 Å². The molecule has 1 aliphatic heterocycles. The van der Waals surface area contributed by atoms with Crippen molar-refractivity contribution in [2.45, 2.75) is 45.2 Å². The molecule has 2 atom stereocenters. The summed E-state index contributed by atoms with van der Waals surface area (Å²) in [5.74, 6) is 1.13. The summed E-state index contributed by atoms with van der Waals surface area (Å²) >= 11 is 0. The van der Waals surface area contributed by atoms with Crippen molar-refractivity contribution in [1.82, 2.24) is 10.2 Å². The smallest absolute Gasteiger partial charge is 0.227 e. The molecule has 0 radical (unpaired) electrons. The van der Waals surface area contributed by atoms with Crippen molar-refractivity contribution in [3.63, 3.8) is 0 Å². The molecule has 15 heavy (non-hydrogen) atoms. The molecule has 3 heteroatoms. The van der Waals surface area contributed by atoms with E-state index >= 15 is 0 Å². The molecule has 0 bridgehead atoms. The third kappa shape index (κ3) is 2.17. The fourth-order valence-corrected chi connectivity index (χ4v) is 2.61. The van der Waals surface area contributed by atoms with Crippen LogP contribution in [-0.2, 0) is 4.79 Å². The zero-order valence-electron chi connectivity index (χ0n) is 9.99. The lowest BCUT2D eigenvalue weighted by Gasteiger charge is -2.27. The second kappa shape index (κ2) is 4.12. The van der Waals surface area contributed by atoms with Gasteiger partial charge in [-0.25, -0.2) is 0 Å². The first kappa shape index (κ1) is 10.9.